The van der Waals surface area contributed by atoms with Crippen LogP contribution < -0.4 is 23.8 Å². The molecule has 182 valence electrons. The Hall–Kier alpha value is -3.58. The average molecular weight is 495 g/mol. The number of carbonyl (C=O) groups excluding carboxylic acids is 1. The van der Waals surface area contributed by atoms with Crippen molar-refractivity contribution >= 4 is 44.9 Å². The second-order valence-corrected chi connectivity index (χ2v) is 8.65. The van der Waals surface area contributed by atoms with Gasteiger partial charge >= 0.3 is 0 Å². The number of hydrogen-bond donors (Lipinski definition) is 1. The molecule has 1 aromatic heterocycles. The predicted molar refractivity (Wildman–Crippen MR) is 138 cm³/mol. The summed E-state index contributed by atoms with van der Waals surface area (Å²) in [4.78, 5) is 18.9. The molecular formula is C27H27ClN2O5. The number of ether oxygens (including phenoxy) is 4. The fourth-order valence-electron chi connectivity index (χ4n) is 5.01. The lowest BCUT2D eigenvalue weighted by atomic mass is 9.95. The summed E-state index contributed by atoms with van der Waals surface area (Å²) in [5.74, 6) is 2.47. The van der Waals surface area contributed by atoms with Gasteiger partial charge in [-0.25, -0.2) is 0 Å². The van der Waals surface area contributed by atoms with Gasteiger partial charge in [0.1, 0.15) is 11.4 Å². The highest BCUT2D eigenvalue weighted by Crippen LogP contribution is 2.47. The number of nitrogens with zero attached hydrogens (tertiary/aromatic N) is 1. The van der Waals surface area contributed by atoms with Crippen LogP contribution in [0.25, 0.3) is 21.7 Å². The van der Waals surface area contributed by atoms with E-state index < -0.39 is 0 Å². The molecule has 1 atom stereocenters. The Morgan fingerprint density at radius 1 is 1.03 bits per heavy atom. The summed E-state index contributed by atoms with van der Waals surface area (Å²) < 4.78 is 22.5. The van der Waals surface area contributed by atoms with Gasteiger partial charge in [-0.15, -0.1) is 11.6 Å². The fourth-order valence-corrected chi connectivity index (χ4v) is 5.26. The molecule has 35 heavy (non-hydrogen) atoms. The Balaban J connectivity index is 1.65. The standard InChI is InChI=1S/C27H27ClN2O5/c1-5-35-21-12-20-23(18-9-7-6-8-17(18)21)16(13-28)14-30(20)27(31)19-10-15-11-22(32-2)25(33-3)26(34-4)24(15)29-19/h6-12,16,29H,5,13-14H2,1-4H3/t16-/m1/s1. The zero-order valence-electron chi connectivity index (χ0n) is 20.1. The number of hydrogen-bond acceptors (Lipinski definition) is 5. The van der Waals surface area contributed by atoms with Crippen LogP contribution in [0.4, 0.5) is 5.69 Å². The first-order valence-electron chi connectivity index (χ1n) is 11.4. The van der Waals surface area contributed by atoms with Crippen LogP contribution in [0.2, 0.25) is 0 Å². The number of aromatic amines is 1. The number of methoxy groups -OCH3 is 3. The molecule has 4 aromatic rings. The molecule has 3 aromatic carbocycles. The summed E-state index contributed by atoms with van der Waals surface area (Å²) in [7, 11) is 4.67. The smallest absolute Gasteiger partial charge is 0.274 e. The molecule has 0 saturated carbocycles. The lowest BCUT2D eigenvalue weighted by Gasteiger charge is -2.19. The minimum absolute atomic E-state index is 0.00953. The van der Waals surface area contributed by atoms with Crippen molar-refractivity contribution in [3.05, 3.63) is 53.7 Å². The summed E-state index contributed by atoms with van der Waals surface area (Å²) in [5, 5.41) is 2.86. The Morgan fingerprint density at radius 2 is 1.77 bits per heavy atom. The topological polar surface area (TPSA) is 73.0 Å². The molecule has 1 amide bonds. The van der Waals surface area contributed by atoms with Gasteiger partial charge in [0.05, 0.1) is 39.1 Å². The van der Waals surface area contributed by atoms with Crippen LogP contribution in [0.1, 0.15) is 28.9 Å². The maximum Gasteiger partial charge on any atom is 0.274 e. The van der Waals surface area contributed by atoms with E-state index in [4.69, 9.17) is 30.5 Å². The van der Waals surface area contributed by atoms with Gasteiger partial charge in [0.2, 0.25) is 5.75 Å². The monoisotopic (exact) mass is 494 g/mol. The van der Waals surface area contributed by atoms with Crippen molar-refractivity contribution in [2.45, 2.75) is 12.8 Å². The molecule has 5 rings (SSSR count). The number of H-pyrrole nitrogens is 1. The maximum atomic E-state index is 13.9. The zero-order valence-corrected chi connectivity index (χ0v) is 20.9. The summed E-state index contributed by atoms with van der Waals surface area (Å²) in [6.07, 6.45) is 0. The van der Waals surface area contributed by atoms with Crippen LogP contribution in [-0.2, 0) is 0 Å². The van der Waals surface area contributed by atoms with E-state index in [9.17, 15) is 4.79 Å². The summed E-state index contributed by atoms with van der Waals surface area (Å²) in [6, 6.07) is 13.7. The van der Waals surface area contributed by atoms with Crippen molar-refractivity contribution in [2.75, 3.05) is 45.3 Å². The van der Waals surface area contributed by atoms with E-state index in [1.54, 1.807) is 32.3 Å². The van der Waals surface area contributed by atoms with Crippen molar-refractivity contribution in [1.29, 1.82) is 0 Å². The first kappa shape index (κ1) is 23.2. The van der Waals surface area contributed by atoms with Crippen LogP contribution in [0.5, 0.6) is 23.0 Å². The molecular weight excluding hydrogens is 468 g/mol. The highest BCUT2D eigenvalue weighted by atomic mass is 35.5. The van der Waals surface area contributed by atoms with Gasteiger partial charge in [-0.2, -0.15) is 0 Å². The second-order valence-electron chi connectivity index (χ2n) is 8.35. The van der Waals surface area contributed by atoms with Crippen molar-refractivity contribution in [3.8, 4) is 23.0 Å². The molecule has 0 spiro atoms. The molecule has 2 heterocycles. The molecule has 1 aliphatic rings. The Morgan fingerprint density at radius 3 is 2.43 bits per heavy atom. The molecule has 1 aliphatic heterocycles. The van der Waals surface area contributed by atoms with Gasteiger partial charge in [-0.1, -0.05) is 24.3 Å². The molecule has 0 bridgehead atoms. The maximum absolute atomic E-state index is 13.9. The van der Waals surface area contributed by atoms with Crippen LogP contribution >= 0.6 is 11.6 Å². The number of benzene rings is 3. The number of alkyl halides is 1. The van der Waals surface area contributed by atoms with Crippen LogP contribution in [0, 0.1) is 0 Å². The van der Waals surface area contributed by atoms with E-state index in [-0.39, 0.29) is 11.8 Å². The molecule has 0 radical (unpaired) electrons. The summed E-state index contributed by atoms with van der Waals surface area (Å²) >= 11 is 6.40. The minimum Gasteiger partial charge on any atom is -0.493 e. The van der Waals surface area contributed by atoms with Crippen molar-refractivity contribution in [3.63, 3.8) is 0 Å². The third-order valence-electron chi connectivity index (χ3n) is 6.51. The van der Waals surface area contributed by atoms with Gasteiger partial charge in [0.25, 0.3) is 5.91 Å². The SMILES string of the molecule is CCOc1cc2c(c3ccccc13)[C@H](CCl)CN2C(=O)c1cc2cc(OC)c(OC)c(OC)c2[nH]1. The summed E-state index contributed by atoms with van der Waals surface area (Å²) in [6.45, 7) is 2.96. The van der Waals surface area contributed by atoms with Crippen LogP contribution in [0.15, 0.2) is 42.5 Å². The molecule has 0 aliphatic carbocycles. The molecule has 1 N–H and O–H groups in total. The Kier molecular flexibility index (Phi) is 6.11. The fraction of sp³-hybridized carbons (Fsp3) is 0.296. The van der Waals surface area contributed by atoms with Gasteiger partial charge in [0.15, 0.2) is 11.5 Å². The van der Waals surface area contributed by atoms with E-state index in [0.29, 0.717) is 47.5 Å². The van der Waals surface area contributed by atoms with Gasteiger partial charge in [-0.05, 0) is 30.0 Å². The van der Waals surface area contributed by atoms with E-state index in [2.05, 4.69) is 11.1 Å². The number of rotatable bonds is 7. The lowest BCUT2D eigenvalue weighted by molar-refractivity contribution is 0.0984. The average Bonchev–Trinajstić information content (AvgIpc) is 3.48. The first-order valence-corrected chi connectivity index (χ1v) is 12.0. The number of aromatic nitrogens is 1. The van der Waals surface area contributed by atoms with Crippen LogP contribution in [-0.4, -0.2) is 51.3 Å². The number of amides is 1. The van der Waals surface area contributed by atoms with Crippen LogP contribution in [0.3, 0.4) is 0 Å². The number of halogens is 1. The zero-order chi connectivity index (χ0) is 24.7. The minimum atomic E-state index is -0.159. The Bertz CT molecular complexity index is 1430. The number of nitrogens with one attached hydrogen (secondary N) is 1. The highest BCUT2D eigenvalue weighted by Gasteiger charge is 2.36. The highest BCUT2D eigenvalue weighted by molar-refractivity contribution is 6.19. The third kappa shape index (κ3) is 3.62. The number of carbonyl (C=O) groups is 1. The predicted octanol–water partition coefficient (Wildman–Crippen LogP) is 5.73. The van der Waals surface area contributed by atoms with E-state index >= 15 is 0 Å². The molecule has 0 unspecified atom stereocenters. The van der Waals surface area contributed by atoms with E-state index in [1.165, 1.54) is 0 Å². The van der Waals surface area contributed by atoms with Gasteiger partial charge in [-0.3, -0.25) is 4.79 Å². The molecule has 7 nitrogen and oxygen atoms in total. The largest absolute Gasteiger partial charge is 0.493 e. The summed E-state index contributed by atoms with van der Waals surface area (Å²) in [5.41, 5.74) is 2.99. The van der Waals surface area contributed by atoms with E-state index in [0.717, 1.165) is 33.2 Å². The molecule has 0 fully saturated rings. The first-order chi connectivity index (χ1) is 17.1. The molecule has 8 heteroatoms. The second kappa shape index (κ2) is 9.23. The van der Waals surface area contributed by atoms with Gasteiger partial charge < -0.3 is 28.8 Å². The van der Waals surface area contributed by atoms with Crippen molar-refractivity contribution in [1.82, 2.24) is 4.98 Å². The normalized spacial score (nSPS) is 14.9. The van der Waals surface area contributed by atoms with E-state index in [1.807, 2.05) is 37.3 Å². The van der Waals surface area contributed by atoms with Crippen molar-refractivity contribution < 1.29 is 23.7 Å². The quantitative estimate of drug-likeness (QED) is 0.332. The van der Waals surface area contributed by atoms with Crippen molar-refractivity contribution in [2.24, 2.45) is 0 Å². The van der Waals surface area contributed by atoms with Gasteiger partial charge in [0, 0.05) is 35.2 Å². The molecule has 0 saturated heterocycles. The third-order valence-corrected chi connectivity index (χ3v) is 6.88. The Labute approximate surface area is 208 Å². The number of anilines is 1. The lowest BCUT2D eigenvalue weighted by Crippen LogP contribution is -2.30. The number of fused-ring (bicyclic) bond motifs is 4.